The Labute approximate surface area is 169 Å². The molecule has 0 saturated carbocycles. The van der Waals surface area contributed by atoms with E-state index in [1.807, 2.05) is 0 Å². The molecule has 2 aromatic rings. The standard InChI is InChI=1S/C20H18O10/c21-13-5-1-12(2-6-13)10-20(29,19(27)28)17(18(25)26)30-16(24)8-4-11-3-7-14(22)15(23)9-11/h1-9,17,21-23,29H,10H2,(H,25,26)(H,27,28)/b8-4+/t17-,20+/m0/s1. The van der Waals surface area contributed by atoms with E-state index >= 15 is 0 Å². The number of ether oxygens (including phenoxy) is 1. The number of hydrogen-bond acceptors (Lipinski definition) is 8. The molecule has 6 N–H and O–H groups in total. The first-order valence-corrected chi connectivity index (χ1v) is 8.40. The lowest BCUT2D eigenvalue weighted by atomic mass is 9.88. The molecular weight excluding hydrogens is 400 g/mol. The number of aliphatic carboxylic acids is 2. The molecule has 0 fully saturated rings. The van der Waals surface area contributed by atoms with Crippen molar-refractivity contribution in [1.29, 1.82) is 0 Å². The molecule has 0 radical (unpaired) electrons. The van der Waals surface area contributed by atoms with Crippen LogP contribution in [-0.2, 0) is 25.5 Å². The first-order chi connectivity index (χ1) is 14.0. The van der Waals surface area contributed by atoms with Crippen LogP contribution in [0.4, 0.5) is 0 Å². The van der Waals surface area contributed by atoms with Crippen LogP contribution in [0.3, 0.4) is 0 Å². The molecule has 2 atom stereocenters. The summed E-state index contributed by atoms with van der Waals surface area (Å²) in [4.78, 5) is 35.2. The van der Waals surface area contributed by atoms with Crippen molar-refractivity contribution < 1.29 is 49.8 Å². The van der Waals surface area contributed by atoms with Crippen molar-refractivity contribution in [3.63, 3.8) is 0 Å². The van der Waals surface area contributed by atoms with Gasteiger partial charge in [-0.05, 0) is 41.5 Å². The van der Waals surface area contributed by atoms with Gasteiger partial charge in [0.1, 0.15) is 5.75 Å². The Bertz CT molecular complexity index is 980. The first kappa shape index (κ1) is 22.2. The third kappa shape index (κ3) is 5.26. The Morgan fingerprint density at radius 2 is 1.60 bits per heavy atom. The number of phenols is 3. The zero-order chi connectivity index (χ0) is 22.5. The molecule has 0 amide bonds. The molecule has 158 valence electrons. The van der Waals surface area contributed by atoms with E-state index in [0.717, 1.165) is 24.3 Å². The van der Waals surface area contributed by atoms with Crippen LogP contribution in [0.2, 0.25) is 0 Å². The molecule has 0 bridgehead atoms. The highest BCUT2D eigenvalue weighted by Crippen LogP contribution is 2.26. The lowest BCUT2D eigenvalue weighted by Crippen LogP contribution is -2.56. The highest BCUT2D eigenvalue weighted by atomic mass is 16.6. The number of aromatic hydroxyl groups is 3. The first-order valence-electron chi connectivity index (χ1n) is 8.40. The van der Waals surface area contributed by atoms with Gasteiger partial charge in [-0.2, -0.15) is 0 Å². The van der Waals surface area contributed by atoms with Crippen LogP contribution in [0.5, 0.6) is 17.2 Å². The molecule has 2 rings (SSSR count). The van der Waals surface area contributed by atoms with Crippen molar-refractivity contribution in [3.8, 4) is 17.2 Å². The molecule has 0 aliphatic rings. The van der Waals surface area contributed by atoms with Crippen molar-refractivity contribution in [1.82, 2.24) is 0 Å². The summed E-state index contributed by atoms with van der Waals surface area (Å²) in [7, 11) is 0. The van der Waals surface area contributed by atoms with Crippen LogP contribution in [0.15, 0.2) is 48.5 Å². The van der Waals surface area contributed by atoms with E-state index in [0.29, 0.717) is 0 Å². The summed E-state index contributed by atoms with van der Waals surface area (Å²) in [6.45, 7) is 0. The zero-order valence-corrected chi connectivity index (χ0v) is 15.3. The van der Waals surface area contributed by atoms with Crippen LogP contribution in [0.1, 0.15) is 11.1 Å². The molecule has 0 spiro atoms. The van der Waals surface area contributed by atoms with Gasteiger partial charge in [0, 0.05) is 12.5 Å². The lowest BCUT2D eigenvalue weighted by Gasteiger charge is -2.29. The number of carbonyl (C=O) groups is 3. The summed E-state index contributed by atoms with van der Waals surface area (Å²) in [5, 5.41) is 57.3. The van der Waals surface area contributed by atoms with Crippen LogP contribution in [0, 0.1) is 0 Å². The van der Waals surface area contributed by atoms with Crippen LogP contribution < -0.4 is 0 Å². The summed E-state index contributed by atoms with van der Waals surface area (Å²) in [5.74, 6) is -6.04. The van der Waals surface area contributed by atoms with E-state index in [9.17, 15) is 45.0 Å². The van der Waals surface area contributed by atoms with E-state index < -0.39 is 41.8 Å². The average molecular weight is 418 g/mol. The van der Waals surface area contributed by atoms with Crippen molar-refractivity contribution in [2.45, 2.75) is 18.1 Å². The molecule has 0 aliphatic heterocycles. The largest absolute Gasteiger partial charge is 0.508 e. The number of phenolic OH excluding ortho intramolecular Hbond substituents is 3. The van der Waals surface area contributed by atoms with Crippen LogP contribution in [0.25, 0.3) is 6.08 Å². The van der Waals surface area contributed by atoms with Gasteiger partial charge < -0.3 is 35.4 Å². The monoisotopic (exact) mass is 418 g/mol. The fourth-order valence-corrected chi connectivity index (χ4v) is 2.52. The Hall–Kier alpha value is -4.05. The fourth-order valence-electron chi connectivity index (χ4n) is 2.52. The summed E-state index contributed by atoms with van der Waals surface area (Å²) < 4.78 is 4.69. The second-order valence-corrected chi connectivity index (χ2v) is 6.31. The van der Waals surface area contributed by atoms with Gasteiger partial charge in [0.15, 0.2) is 11.5 Å². The Balaban J connectivity index is 2.24. The number of aliphatic hydroxyl groups is 1. The third-order valence-electron chi connectivity index (χ3n) is 4.08. The van der Waals surface area contributed by atoms with Crippen molar-refractivity contribution in [2.75, 3.05) is 0 Å². The molecule has 0 unspecified atom stereocenters. The van der Waals surface area contributed by atoms with Gasteiger partial charge in [-0.15, -0.1) is 0 Å². The number of carboxylic acids is 2. The number of esters is 1. The second kappa shape index (κ2) is 8.97. The smallest absolute Gasteiger partial charge is 0.348 e. The fraction of sp³-hybridized carbons (Fsp3) is 0.150. The zero-order valence-electron chi connectivity index (χ0n) is 15.3. The molecule has 0 aromatic heterocycles. The normalized spacial score (nSPS) is 14.0. The highest BCUT2D eigenvalue weighted by molar-refractivity contribution is 5.93. The van der Waals surface area contributed by atoms with E-state index in [-0.39, 0.29) is 22.6 Å². The van der Waals surface area contributed by atoms with Crippen molar-refractivity contribution >= 4 is 24.0 Å². The van der Waals surface area contributed by atoms with Gasteiger partial charge in [0.05, 0.1) is 0 Å². The van der Waals surface area contributed by atoms with Gasteiger partial charge in [-0.1, -0.05) is 18.2 Å². The molecule has 0 saturated heterocycles. The number of carbonyl (C=O) groups excluding carboxylic acids is 1. The maximum atomic E-state index is 12.0. The second-order valence-electron chi connectivity index (χ2n) is 6.31. The van der Waals surface area contributed by atoms with E-state index in [2.05, 4.69) is 0 Å². The molecule has 10 nitrogen and oxygen atoms in total. The lowest BCUT2D eigenvalue weighted by molar-refractivity contribution is -0.192. The van der Waals surface area contributed by atoms with Gasteiger partial charge in [-0.25, -0.2) is 14.4 Å². The molecule has 0 aliphatic carbocycles. The van der Waals surface area contributed by atoms with E-state index in [4.69, 9.17) is 4.74 Å². The number of rotatable bonds is 8. The van der Waals surface area contributed by atoms with Gasteiger partial charge >= 0.3 is 17.9 Å². The summed E-state index contributed by atoms with van der Waals surface area (Å²) in [6.07, 6.45) is -1.28. The summed E-state index contributed by atoms with van der Waals surface area (Å²) >= 11 is 0. The predicted octanol–water partition coefficient (Wildman–Crippen LogP) is 0.871. The van der Waals surface area contributed by atoms with Crippen LogP contribution in [-0.4, -0.2) is 60.3 Å². The minimum absolute atomic E-state index is 0.121. The maximum absolute atomic E-state index is 12.0. The van der Waals surface area contributed by atoms with Crippen molar-refractivity contribution in [3.05, 3.63) is 59.7 Å². The molecule has 10 heteroatoms. The minimum atomic E-state index is -3.00. The van der Waals surface area contributed by atoms with E-state index in [1.54, 1.807) is 0 Å². The molecule has 0 heterocycles. The quantitative estimate of drug-likeness (QED) is 0.204. The van der Waals surface area contributed by atoms with Gasteiger partial charge in [-0.3, -0.25) is 0 Å². The molecule has 30 heavy (non-hydrogen) atoms. The molecule has 2 aromatic carbocycles. The van der Waals surface area contributed by atoms with Crippen LogP contribution >= 0.6 is 0 Å². The number of hydrogen-bond donors (Lipinski definition) is 6. The van der Waals surface area contributed by atoms with Gasteiger partial charge in [0.25, 0.3) is 0 Å². The average Bonchev–Trinajstić information content (AvgIpc) is 2.68. The predicted molar refractivity (Wildman–Crippen MR) is 101 cm³/mol. The number of carboxylic acid groups (broad SMARTS) is 2. The SMILES string of the molecule is O=C(/C=C/c1ccc(O)c(O)c1)O[C@@H](C(=O)O)[C@](O)(Cc1ccc(O)cc1)C(=O)O. The Kier molecular flexibility index (Phi) is 6.65. The maximum Gasteiger partial charge on any atom is 0.348 e. The minimum Gasteiger partial charge on any atom is -0.508 e. The third-order valence-corrected chi connectivity index (χ3v) is 4.08. The topological polar surface area (TPSA) is 182 Å². The Morgan fingerprint density at radius 3 is 2.13 bits per heavy atom. The van der Waals surface area contributed by atoms with Crippen molar-refractivity contribution in [2.24, 2.45) is 0 Å². The van der Waals surface area contributed by atoms with E-state index in [1.165, 1.54) is 30.3 Å². The summed E-state index contributed by atoms with van der Waals surface area (Å²) in [6, 6.07) is 8.60. The number of benzene rings is 2. The summed E-state index contributed by atoms with van der Waals surface area (Å²) in [5.41, 5.74) is -2.56. The Morgan fingerprint density at radius 1 is 0.967 bits per heavy atom. The van der Waals surface area contributed by atoms with Gasteiger partial charge in [0.2, 0.25) is 11.7 Å². The molecular formula is C20H18O10. The highest BCUT2D eigenvalue weighted by Gasteiger charge is 2.51.